The van der Waals surface area contributed by atoms with Crippen LogP contribution in [0.2, 0.25) is 0 Å². The lowest BCUT2D eigenvalue weighted by molar-refractivity contribution is 1.18. The first kappa shape index (κ1) is 28.0. The second kappa shape index (κ2) is 10.8. The number of aromatic nitrogens is 3. The van der Waals surface area contributed by atoms with E-state index >= 15 is 0 Å². The third-order valence-electron chi connectivity index (χ3n) is 10.6. The van der Waals surface area contributed by atoms with Gasteiger partial charge in [-0.1, -0.05) is 103 Å². The number of H-pyrrole nitrogens is 1. The van der Waals surface area contributed by atoms with E-state index in [0.29, 0.717) is 0 Å². The van der Waals surface area contributed by atoms with E-state index in [1.807, 2.05) is 0 Å². The predicted octanol–water partition coefficient (Wildman–Crippen LogP) is 12.8. The Labute approximate surface area is 294 Å². The fourth-order valence-electron chi connectivity index (χ4n) is 8.35. The van der Waals surface area contributed by atoms with Crippen molar-refractivity contribution >= 4 is 65.4 Å². The minimum atomic E-state index is 1.15. The largest absolute Gasteiger partial charge is 0.354 e. The number of fused-ring (bicyclic) bond motifs is 9. The van der Waals surface area contributed by atoms with Crippen LogP contribution in [0.1, 0.15) is 0 Å². The van der Waals surface area contributed by atoms with E-state index in [1.54, 1.807) is 0 Å². The summed E-state index contributed by atoms with van der Waals surface area (Å²) in [6.45, 7) is 0. The van der Waals surface area contributed by atoms with Gasteiger partial charge in [0.25, 0.3) is 0 Å². The van der Waals surface area contributed by atoms with Crippen molar-refractivity contribution in [3.8, 4) is 33.6 Å². The smallest absolute Gasteiger partial charge is 0.0544 e. The maximum Gasteiger partial charge on any atom is 0.0544 e. The van der Waals surface area contributed by atoms with Crippen molar-refractivity contribution in [1.29, 1.82) is 0 Å². The summed E-state index contributed by atoms with van der Waals surface area (Å²) in [5.41, 5.74) is 14.3. The Hall–Kier alpha value is -6.84. The quantitative estimate of drug-likeness (QED) is 0.196. The zero-order valence-electron chi connectivity index (χ0n) is 27.7. The molecule has 0 fully saturated rings. The maximum absolute atomic E-state index is 3.81. The zero-order valence-corrected chi connectivity index (χ0v) is 27.7. The molecule has 0 unspecified atom stereocenters. The fraction of sp³-hybridized carbons (Fsp3) is 0. The zero-order chi connectivity index (χ0) is 33.5. The Morgan fingerprint density at radius 1 is 0.314 bits per heavy atom. The fourth-order valence-corrected chi connectivity index (χ4v) is 8.35. The Bertz CT molecular complexity index is 3120. The van der Waals surface area contributed by atoms with Gasteiger partial charge in [0, 0.05) is 54.8 Å². The molecule has 0 bridgehead atoms. The van der Waals surface area contributed by atoms with E-state index in [2.05, 4.69) is 196 Å². The highest BCUT2D eigenvalue weighted by molar-refractivity contribution is 6.16. The van der Waals surface area contributed by atoms with Gasteiger partial charge in [-0.05, 0) is 95.6 Å². The number of rotatable bonds is 4. The number of hydrogen-bond acceptors (Lipinski definition) is 0. The van der Waals surface area contributed by atoms with E-state index in [4.69, 9.17) is 0 Å². The van der Waals surface area contributed by atoms with Crippen molar-refractivity contribution in [1.82, 2.24) is 14.1 Å². The van der Waals surface area contributed by atoms with E-state index in [9.17, 15) is 0 Å². The summed E-state index contributed by atoms with van der Waals surface area (Å²) < 4.78 is 4.76. The molecule has 0 spiro atoms. The minimum absolute atomic E-state index is 1.15. The van der Waals surface area contributed by atoms with Crippen LogP contribution in [0.15, 0.2) is 182 Å². The summed E-state index contributed by atoms with van der Waals surface area (Å²) in [6.07, 6.45) is 0. The molecule has 0 aliphatic rings. The molecule has 0 saturated heterocycles. The molecule has 238 valence electrons. The van der Waals surface area contributed by atoms with Gasteiger partial charge >= 0.3 is 0 Å². The van der Waals surface area contributed by atoms with Crippen LogP contribution in [-0.2, 0) is 0 Å². The second-order valence-electron chi connectivity index (χ2n) is 13.5. The summed E-state index contributed by atoms with van der Waals surface area (Å²) in [5.74, 6) is 0. The Morgan fingerprint density at radius 2 is 0.784 bits per heavy atom. The van der Waals surface area contributed by atoms with Gasteiger partial charge in [0.15, 0.2) is 0 Å². The molecule has 0 aliphatic carbocycles. The molecule has 0 aliphatic heterocycles. The Kier molecular flexibility index (Phi) is 5.96. The monoisotopic (exact) mass is 649 g/mol. The van der Waals surface area contributed by atoms with Gasteiger partial charge < -0.3 is 14.1 Å². The second-order valence-corrected chi connectivity index (χ2v) is 13.5. The summed E-state index contributed by atoms with van der Waals surface area (Å²) in [6, 6.07) is 66.2. The first-order chi connectivity index (χ1) is 25.3. The van der Waals surface area contributed by atoms with Crippen LogP contribution in [0.4, 0.5) is 0 Å². The Balaban J connectivity index is 1.17. The average molecular weight is 650 g/mol. The van der Waals surface area contributed by atoms with Gasteiger partial charge in [-0.25, -0.2) is 0 Å². The van der Waals surface area contributed by atoms with Crippen LogP contribution in [0.5, 0.6) is 0 Å². The van der Waals surface area contributed by atoms with Crippen LogP contribution in [0, 0.1) is 0 Å². The van der Waals surface area contributed by atoms with Gasteiger partial charge in [0.1, 0.15) is 0 Å². The lowest BCUT2D eigenvalue weighted by atomic mass is 9.94. The standard InChI is InChI=1S/C48H31N3/c1-3-13-34(14-4-1)50-44-21-11-8-18-37(44)40-27-31(23-25-46(40)50)33-29-39(48-42(30-33)36-17-7-10-20-43(36)49-48)32-24-26-47-41(28-32)38-19-9-12-22-45(38)51(47)35-15-5-2-6-16-35/h1-30,49H. The number of hydrogen-bond donors (Lipinski definition) is 1. The Morgan fingerprint density at radius 3 is 1.41 bits per heavy atom. The molecule has 1 N–H and O–H groups in total. The number of nitrogens with one attached hydrogen (secondary N) is 1. The highest BCUT2D eigenvalue weighted by atomic mass is 15.0. The van der Waals surface area contributed by atoms with E-state index < -0.39 is 0 Å². The van der Waals surface area contributed by atoms with Crippen molar-refractivity contribution in [2.75, 3.05) is 0 Å². The molecule has 3 aromatic heterocycles. The topological polar surface area (TPSA) is 25.6 Å². The molecule has 51 heavy (non-hydrogen) atoms. The lowest BCUT2D eigenvalue weighted by Crippen LogP contribution is -1.93. The highest BCUT2D eigenvalue weighted by Crippen LogP contribution is 2.42. The first-order valence-corrected chi connectivity index (χ1v) is 17.5. The van der Waals surface area contributed by atoms with Crippen molar-refractivity contribution in [3.05, 3.63) is 182 Å². The SMILES string of the molecule is c1ccc(-n2c3ccccc3c3cc(-c4cc(-c5ccc6c(c5)c5ccccc5n6-c5ccccc5)c5[nH]c6ccccc6c5c4)ccc32)cc1. The molecule has 0 atom stereocenters. The van der Waals surface area contributed by atoms with Crippen molar-refractivity contribution in [2.45, 2.75) is 0 Å². The molecule has 3 heterocycles. The van der Waals surface area contributed by atoms with E-state index in [-0.39, 0.29) is 0 Å². The molecule has 3 heteroatoms. The third kappa shape index (κ3) is 4.19. The summed E-state index contributed by atoms with van der Waals surface area (Å²) in [7, 11) is 0. The van der Waals surface area contributed by atoms with Crippen molar-refractivity contribution in [3.63, 3.8) is 0 Å². The van der Waals surface area contributed by atoms with Crippen LogP contribution < -0.4 is 0 Å². The molecule has 11 aromatic rings. The van der Waals surface area contributed by atoms with Gasteiger partial charge in [0.2, 0.25) is 0 Å². The maximum atomic E-state index is 3.81. The number of benzene rings is 8. The van der Waals surface area contributed by atoms with Crippen LogP contribution in [0.25, 0.3) is 99.0 Å². The van der Waals surface area contributed by atoms with Gasteiger partial charge in [-0.15, -0.1) is 0 Å². The molecular weight excluding hydrogens is 619 g/mol. The molecule has 8 aromatic carbocycles. The normalized spacial score (nSPS) is 11.9. The number of nitrogens with zero attached hydrogens (tertiary/aromatic N) is 2. The predicted molar refractivity (Wildman–Crippen MR) is 215 cm³/mol. The number of aromatic amines is 1. The number of para-hydroxylation sites is 5. The lowest BCUT2D eigenvalue weighted by Gasteiger charge is -2.11. The molecule has 0 radical (unpaired) electrons. The minimum Gasteiger partial charge on any atom is -0.354 e. The average Bonchev–Trinajstić information content (AvgIpc) is 3.85. The van der Waals surface area contributed by atoms with Crippen molar-refractivity contribution in [2.24, 2.45) is 0 Å². The summed E-state index contributed by atoms with van der Waals surface area (Å²) in [5, 5.41) is 7.48. The molecule has 3 nitrogen and oxygen atoms in total. The molecule has 0 saturated carbocycles. The van der Waals surface area contributed by atoms with Gasteiger partial charge in [0.05, 0.1) is 27.6 Å². The van der Waals surface area contributed by atoms with E-state index in [0.717, 1.165) is 11.0 Å². The van der Waals surface area contributed by atoms with Gasteiger partial charge in [-0.2, -0.15) is 0 Å². The van der Waals surface area contributed by atoms with Crippen molar-refractivity contribution < 1.29 is 0 Å². The highest BCUT2D eigenvalue weighted by Gasteiger charge is 2.18. The molecule has 0 amide bonds. The van der Waals surface area contributed by atoms with Crippen LogP contribution >= 0.6 is 0 Å². The van der Waals surface area contributed by atoms with Crippen LogP contribution in [0.3, 0.4) is 0 Å². The van der Waals surface area contributed by atoms with Crippen LogP contribution in [-0.4, -0.2) is 14.1 Å². The van der Waals surface area contributed by atoms with Gasteiger partial charge in [-0.3, -0.25) is 0 Å². The molecule has 11 rings (SSSR count). The van der Waals surface area contributed by atoms with E-state index in [1.165, 1.54) is 88.0 Å². The first-order valence-electron chi connectivity index (χ1n) is 17.5. The third-order valence-corrected chi connectivity index (χ3v) is 10.6. The summed E-state index contributed by atoms with van der Waals surface area (Å²) in [4.78, 5) is 3.81. The molecular formula is C48H31N3. The summed E-state index contributed by atoms with van der Waals surface area (Å²) >= 11 is 0.